The largest absolute Gasteiger partial charge is 0.382 e. The van der Waals surface area contributed by atoms with E-state index in [0.717, 1.165) is 18.8 Å². The smallest absolute Gasteiger partial charge is 0.224 e. The summed E-state index contributed by atoms with van der Waals surface area (Å²) in [6.07, 6.45) is 0.727. The average Bonchev–Trinajstić information content (AvgIpc) is 2.77. The highest BCUT2D eigenvalue weighted by molar-refractivity contribution is 5.83. The lowest BCUT2D eigenvalue weighted by Gasteiger charge is -2.05. The van der Waals surface area contributed by atoms with Crippen LogP contribution in [0, 0.1) is 0 Å². The number of benzene rings is 1. The summed E-state index contributed by atoms with van der Waals surface area (Å²) in [7, 11) is 0. The molecule has 0 bridgehead atoms. The first-order chi connectivity index (χ1) is 9.69. The molecule has 0 aliphatic carbocycles. The van der Waals surface area contributed by atoms with E-state index in [-0.39, 0.29) is 5.95 Å². The summed E-state index contributed by atoms with van der Waals surface area (Å²) >= 11 is 0. The fourth-order valence-corrected chi connectivity index (χ4v) is 2.33. The summed E-state index contributed by atoms with van der Waals surface area (Å²) in [4.78, 5) is 12.8. The predicted octanol–water partition coefficient (Wildman–Crippen LogP) is 1.60. The Labute approximate surface area is 116 Å². The van der Waals surface area contributed by atoms with Crippen LogP contribution >= 0.6 is 0 Å². The molecule has 102 valence electrons. The molecule has 0 aliphatic rings. The molecule has 0 unspecified atom stereocenters. The number of imidazole rings is 1. The van der Waals surface area contributed by atoms with Crippen LogP contribution in [-0.2, 0) is 13.0 Å². The molecule has 3 rings (SSSR count). The van der Waals surface area contributed by atoms with Crippen molar-refractivity contribution in [1.82, 2.24) is 19.5 Å². The van der Waals surface area contributed by atoms with Crippen LogP contribution in [-0.4, -0.2) is 19.5 Å². The summed E-state index contributed by atoms with van der Waals surface area (Å²) < 4.78 is 2.02. The molecule has 6 heteroatoms. The SMILES string of the molecule is CCn1c(Cc2ccccc2)nc2c(N)nc(N)nc21. The van der Waals surface area contributed by atoms with Crippen molar-refractivity contribution in [2.45, 2.75) is 19.9 Å². The van der Waals surface area contributed by atoms with Crippen molar-refractivity contribution in [1.29, 1.82) is 0 Å². The maximum absolute atomic E-state index is 5.88. The van der Waals surface area contributed by atoms with Crippen molar-refractivity contribution < 1.29 is 0 Å². The monoisotopic (exact) mass is 268 g/mol. The van der Waals surface area contributed by atoms with E-state index in [1.807, 2.05) is 29.7 Å². The van der Waals surface area contributed by atoms with Crippen LogP contribution in [0.5, 0.6) is 0 Å². The van der Waals surface area contributed by atoms with E-state index in [1.165, 1.54) is 5.56 Å². The van der Waals surface area contributed by atoms with Crippen LogP contribution in [0.3, 0.4) is 0 Å². The molecule has 0 radical (unpaired) electrons. The van der Waals surface area contributed by atoms with Gasteiger partial charge in [0.1, 0.15) is 5.82 Å². The highest BCUT2D eigenvalue weighted by atomic mass is 15.2. The van der Waals surface area contributed by atoms with Crippen LogP contribution in [0.4, 0.5) is 11.8 Å². The fourth-order valence-electron chi connectivity index (χ4n) is 2.33. The van der Waals surface area contributed by atoms with E-state index >= 15 is 0 Å². The lowest BCUT2D eigenvalue weighted by molar-refractivity contribution is 0.727. The van der Waals surface area contributed by atoms with Crippen molar-refractivity contribution in [2.24, 2.45) is 0 Å². The molecular weight excluding hydrogens is 252 g/mol. The molecule has 0 saturated heterocycles. The highest BCUT2D eigenvalue weighted by Crippen LogP contribution is 2.21. The van der Waals surface area contributed by atoms with E-state index in [9.17, 15) is 0 Å². The number of nitrogens with zero attached hydrogens (tertiary/aromatic N) is 4. The zero-order valence-electron chi connectivity index (χ0n) is 11.2. The van der Waals surface area contributed by atoms with Gasteiger partial charge in [0.15, 0.2) is 17.0 Å². The van der Waals surface area contributed by atoms with Gasteiger partial charge in [-0.2, -0.15) is 9.97 Å². The summed E-state index contributed by atoms with van der Waals surface area (Å²) in [5.41, 5.74) is 14.1. The Morgan fingerprint density at radius 3 is 2.50 bits per heavy atom. The Morgan fingerprint density at radius 1 is 1.05 bits per heavy atom. The molecule has 0 amide bonds. The topological polar surface area (TPSA) is 95.6 Å². The highest BCUT2D eigenvalue weighted by Gasteiger charge is 2.15. The third kappa shape index (κ3) is 2.05. The van der Waals surface area contributed by atoms with Gasteiger partial charge >= 0.3 is 0 Å². The third-order valence-electron chi connectivity index (χ3n) is 3.24. The quantitative estimate of drug-likeness (QED) is 0.752. The molecule has 2 aromatic heterocycles. The van der Waals surface area contributed by atoms with Gasteiger partial charge in [-0.1, -0.05) is 30.3 Å². The van der Waals surface area contributed by atoms with E-state index in [1.54, 1.807) is 0 Å². The standard InChI is InChI=1S/C14H16N6/c1-2-20-10(8-9-6-4-3-5-7-9)17-11-12(15)18-14(16)19-13(11)20/h3-7H,2,8H2,1H3,(H4,15,16,18,19). The summed E-state index contributed by atoms with van der Waals surface area (Å²) in [6, 6.07) is 10.2. The van der Waals surface area contributed by atoms with Crippen molar-refractivity contribution in [3.63, 3.8) is 0 Å². The van der Waals surface area contributed by atoms with Gasteiger partial charge < -0.3 is 16.0 Å². The van der Waals surface area contributed by atoms with Crippen LogP contribution in [0.1, 0.15) is 18.3 Å². The van der Waals surface area contributed by atoms with E-state index in [0.29, 0.717) is 17.0 Å². The predicted molar refractivity (Wildman–Crippen MR) is 79.1 cm³/mol. The normalized spacial score (nSPS) is 11.1. The van der Waals surface area contributed by atoms with Crippen LogP contribution in [0.25, 0.3) is 11.2 Å². The third-order valence-corrected chi connectivity index (χ3v) is 3.24. The van der Waals surface area contributed by atoms with Gasteiger partial charge in [0.25, 0.3) is 0 Å². The summed E-state index contributed by atoms with van der Waals surface area (Å²) in [6.45, 7) is 2.80. The number of aryl methyl sites for hydroxylation is 1. The molecule has 0 atom stereocenters. The van der Waals surface area contributed by atoms with Crippen molar-refractivity contribution >= 4 is 22.9 Å². The van der Waals surface area contributed by atoms with Crippen LogP contribution < -0.4 is 11.5 Å². The average molecular weight is 268 g/mol. The molecular formula is C14H16N6. The zero-order chi connectivity index (χ0) is 14.1. The maximum Gasteiger partial charge on any atom is 0.224 e. The molecule has 4 N–H and O–H groups in total. The van der Waals surface area contributed by atoms with Crippen molar-refractivity contribution in [3.05, 3.63) is 41.7 Å². The second-order valence-electron chi connectivity index (χ2n) is 4.57. The number of aromatic nitrogens is 4. The van der Waals surface area contributed by atoms with Gasteiger partial charge in [0, 0.05) is 13.0 Å². The van der Waals surface area contributed by atoms with Crippen LogP contribution in [0.2, 0.25) is 0 Å². The number of hydrogen-bond donors (Lipinski definition) is 2. The zero-order valence-corrected chi connectivity index (χ0v) is 11.2. The molecule has 3 aromatic rings. The molecule has 1 aromatic carbocycles. The molecule has 2 heterocycles. The number of rotatable bonds is 3. The number of fused-ring (bicyclic) bond motifs is 1. The van der Waals surface area contributed by atoms with Crippen LogP contribution in [0.15, 0.2) is 30.3 Å². The molecule has 0 saturated carbocycles. The molecule has 6 nitrogen and oxygen atoms in total. The molecule has 0 aliphatic heterocycles. The fraction of sp³-hybridized carbons (Fsp3) is 0.214. The lowest BCUT2D eigenvalue weighted by Crippen LogP contribution is -2.05. The first-order valence-corrected chi connectivity index (χ1v) is 6.51. The Kier molecular flexibility index (Phi) is 2.98. The number of nitrogens with two attached hydrogens (primary N) is 2. The van der Waals surface area contributed by atoms with Gasteiger partial charge in [0.05, 0.1) is 0 Å². The van der Waals surface area contributed by atoms with Gasteiger partial charge in [0.2, 0.25) is 5.95 Å². The second-order valence-corrected chi connectivity index (χ2v) is 4.57. The Balaban J connectivity index is 2.14. The van der Waals surface area contributed by atoms with Gasteiger partial charge in [-0.25, -0.2) is 4.98 Å². The van der Waals surface area contributed by atoms with E-state index in [2.05, 4.69) is 27.1 Å². The molecule has 20 heavy (non-hydrogen) atoms. The first kappa shape index (κ1) is 12.4. The number of hydrogen-bond acceptors (Lipinski definition) is 5. The Bertz CT molecular complexity index is 747. The second kappa shape index (κ2) is 4.80. The summed E-state index contributed by atoms with van der Waals surface area (Å²) in [5.74, 6) is 1.42. The lowest BCUT2D eigenvalue weighted by atomic mass is 10.1. The maximum atomic E-state index is 5.88. The minimum Gasteiger partial charge on any atom is -0.382 e. The van der Waals surface area contributed by atoms with Crippen molar-refractivity contribution in [2.75, 3.05) is 11.5 Å². The summed E-state index contributed by atoms with van der Waals surface area (Å²) in [5, 5.41) is 0. The molecule has 0 spiro atoms. The minimum atomic E-state index is 0.177. The number of anilines is 2. The van der Waals surface area contributed by atoms with E-state index in [4.69, 9.17) is 11.5 Å². The minimum absolute atomic E-state index is 0.177. The molecule has 0 fully saturated rings. The Hall–Kier alpha value is -2.63. The van der Waals surface area contributed by atoms with Gasteiger partial charge in [-0.05, 0) is 12.5 Å². The van der Waals surface area contributed by atoms with Gasteiger partial charge in [-0.3, -0.25) is 0 Å². The first-order valence-electron chi connectivity index (χ1n) is 6.51. The van der Waals surface area contributed by atoms with E-state index < -0.39 is 0 Å². The number of nitrogen functional groups attached to an aromatic ring is 2. The Morgan fingerprint density at radius 2 is 1.80 bits per heavy atom. The van der Waals surface area contributed by atoms with Gasteiger partial charge in [-0.15, -0.1) is 0 Å². The van der Waals surface area contributed by atoms with Crippen molar-refractivity contribution in [3.8, 4) is 0 Å².